The van der Waals surface area contributed by atoms with Crippen LogP contribution < -0.4 is 20.4 Å². The molecule has 0 bridgehead atoms. The first-order chi connectivity index (χ1) is 17.5. The van der Waals surface area contributed by atoms with Crippen molar-refractivity contribution in [2.75, 3.05) is 50.1 Å². The molecule has 12 heteroatoms. The summed E-state index contributed by atoms with van der Waals surface area (Å²) in [7, 11) is 4.07. The van der Waals surface area contributed by atoms with Gasteiger partial charge >= 0.3 is 12.2 Å². The second kappa shape index (κ2) is 9.16. The summed E-state index contributed by atoms with van der Waals surface area (Å²) in [5.74, 6) is -0.494. The number of halogens is 3. The minimum Gasteiger partial charge on any atom is -0.353 e. The Bertz CT molecular complexity index is 1180. The molecule has 0 radical (unpaired) electrons. The van der Waals surface area contributed by atoms with Gasteiger partial charge in [-0.25, -0.2) is 14.8 Å². The lowest BCUT2D eigenvalue weighted by Crippen LogP contribution is -2.54. The highest BCUT2D eigenvalue weighted by molar-refractivity contribution is 5.96. The van der Waals surface area contributed by atoms with Gasteiger partial charge in [-0.1, -0.05) is 30.3 Å². The molecular weight excluding hydrogens is 487 g/mol. The van der Waals surface area contributed by atoms with Gasteiger partial charge in [0.2, 0.25) is 11.9 Å². The minimum atomic E-state index is -4.80. The quantitative estimate of drug-likeness (QED) is 0.648. The standard InChI is InChI=1S/C25H30F3N7O2/c1-33(2)24(17-6-4-3-5-7-17)10-8-23(9-11-24)16-35(22(37)32-23)18-14-30-21(31-20(18)25(26,27)28)34-13-12-29-19(36)15-34/h3-7,14H,8-13,15-16H2,1-2H3,(H,29,36)(H,32,37)/t23-,24-. The lowest BCUT2D eigenvalue weighted by molar-refractivity contribution is -0.140. The van der Waals surface area contributed by atoms with E-state index in [0.29, 0.717) is 25.9 Å². The first kappa shape index (κ1) is 25.2. The smallest absolute Gasteiger partial charge is 0.353 e. The van der Waals surface area contributed by atoms with Crippen LogP contribution in [0.15, 0.2) is 36.5 Å². The third-order valence-corrected chi connectivity index (χ3v) is 7.92. The fourth-order valence-electron chi connectivity index (χ4n) is 5.80. The third kappa shape index (κ3) is 4.58. The summed E-state index contributed by atoms with van der Waals surface area (Å²) in [5, 5.41) is 5.61. The number of benzene rings is 1. The number of nitrogens with one attached hydrogen (secondary N) is 2. The molecule has 1 aromatic heterocycles. The second-order valence-electron chi connectivity index (χ2n) is 10.3. The molecular formula is C25H30F3N7O2. The van der Waals surface area contributed by atoms with Gasteiger partial charge in [-0.15, -0.1) is 0 Å². The largest absolute Gasteiger partial charge is 0.435 e. The van der Waals surface area contributed by atoms with E-state index < -0.39 is 23.4 Å². The van der Waals surface area contributed by atoms with E-state index in [-0.39, 0.29) is 36.2 Å². The summed E-state index contributed by atoms with van der Waals surface area (Å²) < 4.78 is 42.3. The highest BCUT2D eigenvalue weighted by Crippen LogP contribution is 2.47. The van der Waals surface area contributed by atoms with E-state index in [2.05, 4.69) is 37.6 Å². The lowest BCUT2D eigenvalue weighted by Gasteiger charge is -2.48. The van der Waals surface area contributed by atoms with Gasteiger partial charge in [0.15, 0.2) is 5.69 Å². The SMILES string of the molecule is CN(C)[C@]1(c2ccccc2)CC[C@@]2(CC1)CN(c1cnc(N3CCNC(=O)C3)nc1C(F)(F)F)C(=O)N2. The average Bonchev–Trinajstić information content (AvgIpc) is 3.19. The molecule has 2 aromatic rings. The molecule has 3 fully saturated rings. The number of anilines is 2. The molecule has 198 valence electrons. The number of rotatable bonds is 4. The van der Waals surface area contributed by atoms with Crippen LogP contribution in [0, 0.1) is 0 Å². The fraction of sp³-hybridized carbons (Fsp3) is 0.520. The number of carbonyl (C=O) groups excluding carboxylic acids is 2. The Morgan fingerprint density at radius 1 is 1.05 bits per heavy atom. The van der Waals surface area contributed by atoms with Crippen molar-refractivity contribution in [2.24, 2.45) is 0 Å². The molecule has 2 N–H and O–H groups in total. The van der Waals surface area contributed by atoms with Crippen LogP contribution in [0.3, 0.4) is 0 Å². The summed E-state index contributed by atoms with van der Waals surface area (Å²) in [5.41, 5.74) is -1.23. The third-order valence-electron chi connectivity index (χ3n) is 7.92. The molecule has 2 aliphatic heterocycles. The molecule has 0 atom stereocenters. The summed E-state index contributed by atoms with van der Waals surface area (Å²) in [4.78, 5) is 37.3. The molecule has 3 aliphatic rings. The Hall–Kier alpha value is -3.41. The number of hydrogen-bond donors (Lipinski definition) is 2. The summed E-state index contributed by atoms with van der Waals surface area (Å²) in [6, 6.07) is 9.58. The number of nitrogens with zero attached hydrogens (tertiary/aromatic N) is 5. The topological polar surface area (TPSA) is 93.7 Å². The van der Waals surface area contributed by atoms with Crippen molar-refractivity contribution < 1.29 is 22.8 Å². The van der Waals surface area contributed by atoms with Gasteiger partial charge in [0, 0.05) is 18.6 Å². The Kier molecular flexibility index (Phi) is 6.25. The zero-order valence-electron chi connectivity index (χ0n) is 20.8. The van der Waals surface area contributed by atoms with Gasteiger partial charge in [0.05, 0.1) is 30.5 Å². The molecule has 1 saturated carbocycles. The molecule has 3 heterocycles. The fourth-order valence-corrected chi connectivity index (χ4v) is 5.80. The van der Waals surface area contributed by atoms with E-state index in [4.69, 9.17) is 0 Å². The van der Waals surface area contributed by atoms with Crippen LogP contribution in [-0.4, -0.2) is 72.6 Å². The van der Waals surface area contributed by atoms with Gasteiger partial charge in [-0.3, -0.25) is 14.6 Å². The van der Waals surface area contributed by atoms with E-state index in [1.807, 2.05) is 32.3 Å². The van der Waals surface area contributed by atoms with E-state index in [0.717, 1.165) is 23.9 Å². The highest BCUT2D eigenvalue weighted by Gasteiger charge is 2.52. The van der Waals surface area contributed by atoms with Crippen LogP contribution >= 0.6 is 0 Å². The van der Waals surface area contributed by atoms with Crippen LogP contribution in [0.1, 0.15) is 36.9 Å². The van der Waals surface area contributed by atoms with Crippen molar-refractivity contribution in [3.05, 3.63) is 47.8 Å². The number of aromatic nitrogens is 2. The van der Waals surface area contributed by atoms with Crippen LogP contribution in [0.4, 0.5) is 29.6 Å². The van der Waals surface area contributed by atoms with Crippen molar-refractivity contribution in [2.45, 2.75) is 42.9 Å². The van der Waals surface area contributed by atoms with Gasteiger partial charge in [0.25, 0.3) is 0 Å². The lowest BCUT2D eigenvalue weighted by atomic mass is 9.69. The first-order valence-corrected chi connectivity index (χ1v) is 12.3. The summed E-state index contributed by atoms with van der Waals surface area (Å²) in [6.45, 7) is 0.561. The van der Waals surface area contributed by atoms with Crippen molar-refractivity contribution in [1.82, 2.24) is 25.5 Å². The maximum Gasteiger partial charge on any atom is 0.435 e. The van der Waals surface area contributed by atoms with Crippen molar-refractivity contribution >= 4 is 23.6 Å². The van der Waals surface area contributed by atoms with Crippen LogP contribution in [0.25, 0.3) is 0 Å². The van der Waals surface area contributed by atoms with E-state index in [1.54, 1.807) is 0 Å². The second-order valence-corrected chi connectivity index (χ2v) is 10.3. The van der Waals surface area contributed by atoms with Gasteiger partial charge in [0.1, 0.15) is 0 Å². The number of hydrogen-bond acceptors (Lipinski definition) is 6. The Balaban J connectivity index is 1.40. The predicted octanol–water partition coefficient (Wildman–Crippen LogP) is 2.73. The number of carbonyl (C=O) groups is 2. The van der Waals surface area contributed by atoms with Crippen LogP contribution in [0.5, 0.6) is 0 Å². The van der Waals surface area contributed by atoms with E-state index in [9.17, 15) is 22.8 Å². The maximum absolute atomic E-state index is 14.1. The summed E-state index contributed by atoms with van der Waals surface area (Å²) in [6.07, 6.45) is -1.03. The van der Waals surface area contributed by atoms with Crippen LogP contribution in [-0.2, 0) is 16.5 Å². The number of urea groups is 1. The summed E-state index contributed by atoms with van der Waals surface area (Å²) >= 11 is 0. The first-order valence-electron chi connectivity index (χ1n) is 12.3. The molecule has 1 aromatic carbocycles. The normalized spacial score (nSPS) is 26.5. The average molecular weight is 518 g/mol. The van der Waals surface area contributed by atoms with Gasteiger partial charge in [-0.05, 0) is 45.3 Å². The maximum atomic E-state index is 14.1. The Labute approximate surface area is 213 Å². The van der Waals surface area contributed by atoms with Crippen molar-refractivity contribution in [3.8, 4) is 0 Å². The highest BCUT2D eigenvalue weighted by atomic mass is 19.4. The van der Waals surface area contributed by atoms with Crippen molar-refractivity contribution in [1.29, 1.82) is 0 Å². The van der Waals surface area contributed by atoms with Gasteiger partial charge in [-0.2, -0.15) is 13.2 Å². The number of piperazine rings is 1. The molecule has 1 spiro atoms. The number of alkyl halides is 3. The predicted molar refractivity (Wildman–Crippen MR) is 131 cm³/mol. The minimum absolute atomic E-state index is 0.0992. The van der Waals surface area contributed by atoms with Crippen LogP contribution in [0.2, 0.25) is 0 Å². The Morgan fingerprint density at radius 3 is 2.38 bits per heavy atom. The molecule has 1 aliphatic carbocycles. The van der Waals surface area contributed by atoms with E-state index in [1.165, 1.54) is 10.5 Å². The van der Waals surface area contributed by atoms with Gasteiger partial charge < -0.3 is 15.5 Å². The molecule has 37 heavy (non-hydrogen) atoms. The molecule has 3 amide bonds. The molecule has 0 unspecified atom stereocenters. The molecule has 5 rings (SSSR count). The zero-order valence-corrected chi connectivity index (χ0v) is 20.8. The molecule has 2 saturated heterocycles. The molecule has 9 nitrogen and oxygen atoms in total. The van der Waals surface area contributed by atoms with Crippen molar-refractivity contribution in [3.63, 3.8) is 0 Å². The van der Waals surface area contributed by atoms with E-state index >= 15 is 0 Å². The number of amides is 3. The zero-order chi connectivity index (χ0) is 26.4. The monoisotopic (exact) mass is 517 g/mol. The Morgan fingerprint density at radius 2 is 1.76 bits per heavy atom.